The van der Waals surface area contributed by atoms with Crippen molar-refractivity contribution in [3.8, 4) is 5.75 Å². The van der Waals surface area contributed by atoms with Crippen LogP contribution in [0.5, 0.6) is 5.75 Å². The van der Waals surface area contributed by atoms with Gasteiger partial charge in [-0.05, 0) is 31.2 Å². The summed E-state index contributed by atoms with van der Waals surface area (Å²) in [6.07, 6.45) is 2.49. The van der Waals surface area contributed by atoms with Crippen LogP contribution in [0.25, 0.3) is 0 Å². The minimum atomic E-state index is 0.562. The first-order valence-electron chi connectivity index (χ1n) is 8.51. The maximum Gasteiger partial charge on any atom is 0.191 e. The summed E-state index contributed by atoms with van der Waals surface area (Å²) in [5.74, 6) is 2.57. The summed E-state index contributed by atoms with van der Waals surface area (Å²) in [4.78, 5) is 4.47. The molecule has 6 nitrogen and oxygen atoms in total. The summed E-state index contributed by atoms with van der Waals surface area (Å²) in [7, 11) is 1.67. The van der Waals surface area contributed by atoms with E-state index >= 15 is 0 Å². The molecule has 1 aromatic carbocycles. The first-order valence-corrected chi connectivity index (χ1v) is 8.51. The van der Waals surface area contributed by atoms with Crippen molar-refractivity contribution < 1.29 is 13.9 Å². The van der Waals surface area contributed by atoms with Crippen molar-refractivity contribution in [3.05, 3.63) is 54.0 Å². The molecule has 1 heterocycles. The Morgan fingerprint density at radius 2 is 1.88 bits per heavy atom. The molecular formula is C19H27N3O3. The van der Waals surface area contributed by atoms with Gasteiger partial charge < -0.3 is 24.5 Å². The third-order valence-corrected chi connectivity index (χ3v) is 3.49. The zero-order valence-electron chi connectivity index (χ0n) is 15.0. The van der Waals surface area contributed by atoms with Crippen LogP contribution in [0.3, 0.4) is 0 Å². The highest BCUT2D eigenvalue weighted by atomic mass is 16.5. The second-order valence-corrected chi connectivity index (χ2v) is 5.57. The fourth-order valence-corrected chi connectivity index (χ4v) is 2.15. The fourth-order valence-electron chi connectivity index (χ4n) is 2.15. The molecule has 0 unspecified atom stereocenters. The van der Waals surface area contributed by atoms with Crippen LogP contribution in [0.15, 0.2) is 52.1 Å². The number of nitrogens with zero attached hydrogens (tertiary/aromatic N) is 1. The molecule has 0 fully saturated rings. The van der Waals surface area contributed by atoms with Crippen LogP contribution in [0, 0.1) is 6.92 Å². The Hall–Kier alpha value is -2.47. The highest BCUT2D eigenvalue weighted by molar-refractivity contribution is 5.79. The monoisotopic (exact) mass is 345 g/mol. The van der Waals surface area contributed by atoms with Crippen molar-refractivity contribution in [2.24, 2.45) is 4.99 Å². The van der Waals surface area contributed by atoms with Crippen molar-refractivity contribution in [1.82, 2.24) is 10.6 Å². The van der Waals surface area contributed by atoms with Crippen LogP contribution in [-0.2, 0) is 11.2 Å². The smallest absolute Gasteiger partial charge is 0.191 e. The molecule has 0 amide bonds. The number of methoxy groups -OCH3 is 1. The van der Waals surface area contributed by atoms with Gasteiger partial charge >= 0.3 is 0 Å². The van der Waals surface area contributed by atoms with Crippen molar-refractivity contribution in [2.45, 2.75) is 13.3 Å². The van der Waals surface area contributed by atoms with E-state index < -0.39 is 0 Å². The Labute approximate surface area is 149 Å². The van der Waals surface area contributed by atoms with Gasteiger partial charge in [0.25, 0.3) is 0 Å². The minimum absolute atomic E-state index is 0.562. The normalized spacial score (nSPS) is 11.4. The number of aliphatic imine (C=N–C) groups is 1. The third-order valence-electron chi connectivity index (χ3n) is 3.49. The second-order valence-electron chi connectivity index (χ2n) is 5.57. The molecule has 0 radical (unpaired) electrons. The molecule has 2 aromatic rings. The van der Waals surface area contributed by atoms with Gasteiger partial charge in [-0.3, -0.25) is 4.99 Å². The number of aryl methyl sites for hydroxylation is 1. The van der Waals surface area contributed by atoms with Crippen LogP contribution in [0.4, 0.5) is 0 Å². The van der Waals surface area contributed by atoms with E-state index in [0.717, 1.165) is 30.4 Å². The number of ether oxygens (including phenoxy) is 2. The van der Waals surface area contributed by atoms with Crippen LogP contribution >= 0.6 is 0 Å². The lowest BCUT2D eigenvalue weighted by Gasteiger charge is -2.13. The number of rotatable bonds is 10. The summed E-state index contributed by atoms with van der Waals surface area (Å²) in [6.45, 7) is 5.21. The Morgan fingerprint density at radius 1 is 1.08 bits per heavy atom. The van der Waals surface area contributed by atoms with Gasteiger partial charge in [-0.25, -0.2) is 0 Å². The molecule has 0 saturated carbocycles. The van der Waals surface area contributed by atoms with E-state index in [1.165, 1.54) is 5.56 Å². The van der Waals surface area contributed by atoms with E-state index in [-0.39, 0.29) is 0 Å². The van der Waals surface area contributed by atoms with Crippen molar-refractivity contribution >= 4 is 5.96 Å². The molecule has 0 atom stereocenters. The van der Waals surface area contributed by atoms with Crippen LogP contribution in [0.1, 0.15) is 11.3 Å². The summed E-state index contributed by atoms with van der Waals surface area (Å²) in [5, 5.41) is 6.56. The zero-order valence-corrected chi connectivity index (χ0v) is 15.0. The SMILES string of the molecule is COCCN=C(NCCOc1ccc(C)cc1)NCCc1ccco1. The lowest BCUT2D eigenvalue weighted by Crippen LogP contribution is -2.40. The largest absolute Gasteiger partial charge is 0.492 e. The molecule has 0 bridgehead atoms. The average molecular weight is 345 g/mol. The predicted octanol–water partition coefficient (Wildman–Crippen LogP) is 2.39. The number of furan rings is 1. The molecule has 0 aliphatic rings. The lowest BCUT2D eigenvalue weighted by molar-refractivity contribution is 0.208. The fraction of sp³-hybridized carbons (Fsp3) is 0.421. The van der Waals surface area contributed by atoms with Gasteiger partial charge in [0.05, 0.1) is 26.0 Å². The minimum Gasteiger partial charge on any atom is -0.492 e. The van der Waals surface area contributed by atoms with Gasteiger partial charge in [0, 0.05) is 20.1 Å². The standard InChI is InChI=1S/C19H27N3O3/c1-16-5-7-18(8-6-16)25-15-12-22-19(21-11-14-23-2)20-10-9-17-4-3-13-24-17/h3-8,13H,9-12,14-15H2,1-2H3,(H2,20,21,22). The number of hydrogen-bond donors (Lipinski definition) is 2. The van der Waals surface area contributed by atoms with E-state index in [0.29, 0.717) is 26.3 Å². The molecule has 136 valence electrons. The Balaban J connectivity index is 1.71. The highest BCUT2D eigenvalue weighted by Gasteiger charge is 2.01. The molecule has 1 aromatic heterocycles. The molecule has 2 N–H and O–H groups in total. The van der Waals surface area contributed by atoms with E-state index in [4.69, 9.17) is 13.9 Å². The first-order chi connectivity index (χ1) is 12.3. The van der Waals surface area contributed by atoms with Crippen molar-refractivity contribution in [2.75, 3.05) is 40.0 Å². The predicted molar refractivity (Wildman–Crippen MR) is 99.3 cm³/mol. The quantitative estimate of drug-likeness (QED) is 0.393. The van der Waals surface area contributed by atoms with Gasteiger partial charge in [0.15, 0.2) is 5.96 Å². The molecule has 0 aliphatic heterocycles. The number of hydrogen-bond acceptors (Lipinski definition) is 4. The maximum absolute atomic E-state index is 5.72. The molecule has 0 aliphatic carbocycles. The van der Waals surface area contributed by atoms with Gasteiger partial charge in [0.1, 0.15) is 18.1 Å². The molecule has 0 saturated heterocycles. The highest BCUT2D eigenvalue weighted by Crippen LogP contribution is 2.10. The van der Waals surface area contributed by atoms with Crippen LogP contribution in [-0.4, -0.2) is 45.9 Å². The van der Waals surface area contributed by atoms with Gasteiger partial charge in [-0.15, -0.1) is 0 Å². The molecule has 0 spiro atoms. The van der Waals surface area contributed by atoms with Crippen molar-refractivity contribution in [3.63, 3.8) is 0 Å². The van der Waals surface area contributed by atoms with E-state index in [2.05, 4.69) is 22.5 Å². The Kier molecular flexibility index (Phi) is 8.41. The number of nitrogens with one attached hydrogen (secondary N) is 2. The Morgan fingerprint density at radius 3 is 2.60 bits per heavy atom. The molecular weight excluding hydrogens is 318 g/mol. The van der Waals surface area contributed by atoms with Gasteiger partial charge in [0.2, 0.25) is 0 Å². The third kappa shape index (κ3) is 7.76. The summed E-state index contributed by atoms with van der Waals surface area (Å²) in [6, 6.07) is 11.9. The summed E-state index contributed by atoms with van der Waals surface area (Å²) in [5.41, 5.74) is 1.22. The van der Waals surface area contributed by atoms with Crippen LogP contribution < -0.4 is 15.4 Å². The van der Waals surface area contributed by atoms with Crippen LogP contribution in [0.2, 0.25) is 0 Å². The number of benzene rings is 1. The first kappa shape index (κ1) is 18.9. The second kappa shape index (κ2) is 11.1. The Bertz CT molecular complexity index is 609. The molecule has 2 rings (SSSR count). The van der Waals surface area contributed by atoms with E-state index in [9.17, 15) is 0 Å². The molecule has 6 heteroatoms. The van der Waals surface area contributed by atoms with Gasteiger partial charge in [-0.2, -0.15) is 0 Å². The lowest BCUT2D eigenvalue weighted by atomic mass is 10.2. The van der Waals surface area contributed by atoms with E-state index in [1.54, 1.807) is 13.4 Å². The summed E-state index contributed by atoms with van der Waals surface area (Å²) < 4.78 is 16.1. The van der Waals surface area contributed by atoms with E-state index in [1.807, 2.05) is 36.4 Å². The van der Waals surface area contributed by atoms with Crippen molar-refractivity contribution in [1.29, 1.82) is 0 Å². The maximum atomic E-state index is 5.72. The average Bonchev–Trinajstić information content (AvgIpc) is 3.13. The summed E-state index contributed by atoms with van der Waals surface area (Å²) >= 11 is 0. The van der Waals surface area contributed by atoms with Gasteiger partial charge in [-0.1, -0.05) is 17.7 Å². The zero-order chi connectivity index (χ0) is 17.7. The number of guanidine groups is 1. The topological polar surface area (TPSA) is 68.0 Å². The molecule has 25 heavy (non-hydrogen) atoms.